The van der Waals surface area contributed by atoms with Gasteiger partial charge in [0.2, 0.25) is 5.88 Å². The van der Waals surface area contributed by atoms with Crippen LogP contribution in [0.2, 0.25) is 0 Å². The highest BCUT2D eigenvalue weighted by molar-refractivity contribution is 5.34. The Morgan fingerprint density at radius 1 is 1.58 bits per heavy atom. The van der Waals surface area contributed by atoms with E-state index in [0.717, 1.165) is 18.4 Å². The van der Waals surface area contributed by atoms with Gasteiger partial charge in [-0.3, -0.25) is 0 Å². The molecule has 1 aromatic heterocycles. The second-order valence-electron chi connectivity index (χ2n) is 3.10. The molecule has 2 rings (SSSR count). The van der Waals surface area contributed by atoms with E-state index in [0.29, 0.717) is 5.88 Å². The van der Waals surface area contributed by atoms with Gasteiger partial charge in [-0.15, -0.1) is 0 Å². The van der Waals surface area contributed by atoms with E-state index in [1.54, 1.807) is 13.3 Å². The van der Waals surface area contributed by atoms with Crippen LogP contribution in [-0.4, -0.2) is 17.1 Å². The predicted octanol–water partition coefficient (Wildman–Crippen LogP) is 0.433. The lowest BCUT2D eigenvalue weighted by atomic mass is 10.1. The summed E-state index contributed by atoms with van der Waals surface area (Å²) in [5.74, 6) is 0.602. The summed E-state index contributed by atoms with van der Waals surface area (Å²) in [6.07, 6.45) is 5.19. The highest BCUT2D eigenvalue weighted by Crippen LogP contribution is 2.45. The Kier molecular flexibility index (Phi) is 1.51. The van der Waals surface area contributed by atoms with Crippen molar-refractivity contribution in [2.24, 2.45) is 5.73 Å². The molecule has 0 saturated heterocycles. The number of nitrogens with zero attached hydrogens (tertiary/aromatic N) is 2. The molecule has 1 aliphatic carbocycles. The van der Waals surface area contributed by atoms with Gasteiger partial charge in [0.05, 0.1) is 12.7 Å². The normalized spacial score (nSPS) is 18.8. The van der Waals surface area contributed by atoms with Crippen molar-refractivity contribution >= 4 is 0 Å². The van der Waals surface area contributed by atoms with Crippen molar-refractivity contribution in [3.63, 3.8) is 0 Å². The zero-order valence-electron chi connectivity index (χ0n) is 6.95. The molecule has 0 unspecified atom stereocenters. The largest absolute Gasteiger partial charge is 0.481 e. The number of hydrogen-bond donors (Lipinski definition) is 1. The van der Waals surface area contributed by atoms with Crippen molar-refractivity contribution in [1.82, 2.24) is 9.97 Å². The van der Waals surface area contributed by atoms with Crippen molar-refractivity contribution < 1.29 is 4.74 Å². The molecule has 0 radical (unpaired) electrons. The molecule has 12 heavy (non-hydrogen) atoms. The molecule has 0 bridgehead atoms. The number of aromatic nitrogens is 2. The van der Waals surface area contributed by atoms with E-state index in [9.17, 15) is 0 Å². The van der Waals surface area contributed by atoms with Crippen LogP contribution in [0, 0.1) is 0 Å². The van der Waals surface area contributed by atoms with E-state index in [4.69, 9.17) is 10.5 Å². The van der Waals surface area contributed by atoms with E-state index < -0.39 is 0 Å². The van der Waals surface area contributed by atoms with Crippen molar-refractivity contribution in [2.45, 2.75) is 18.4 Å². The Labute approximate surface area is 70.8 Å². The summed E-state index contributed by atoms with van der Waals surface area (Å²) < 4.78 is 5.08. The molecule has 0 atom stereocenters. The summed E-state index contributed by atoms with van der Waals surface area (Å²) >= 11 is 0. The smallest absolute Gasteiger partial charge is 0.221 e. The van der Waals surface area contributed by atoms with Crippen molar-refractivity contribution in [3.8, 4) is 5.88 Å². The van der Waals surface area contributed by atoms with Crippen LogP contribution in [0.4, 0.5) is 0 Å². The first-order valence-corrected chi connectivity index (χ1v) is 3.90. The van der Waals surface area contributed by atoms with E-state index in [2.05, 4.69) is 9.97 Å². The van der Waals surface area contributed by atoms with Crippen LogP contribution in [0.5, 0.6) is 5.88 Å². The summed E-state index contributed by atoms with van der Waals surface area (Å²) in [5, 5.41) is 0. The number of ether oxygens (including phenoxy) is 1. The third-order valence-electron chi connectivity index (χ3n) is 2.19. The molecule has 1 heterocycles. The number of rotatable bonds is 2. The molecule has 1 aliphatic rings. The summed E-state index contributed by atoms with van der Waals surface area (Å²) in [7, 11) is 1.59. The van der Waals surface area contributed by atoms with E-state index in [1.807, 2.05) is 0 Å². The predicted molar refractivity (Wildman–Crippen MR) is 43.7 cm³/mol. The highest BCUT2D eigenvalue weighted by Gasteiger charge is 2.42. The maximum Gasteiger partial charge on any atom is 0.221 e. The van der Waals surface area contributed by atoms with Crippen LogP contribution < -0.4 is 10.5 Å². The van der Waals surface area contributed by atoms with Gasteiger partial charge in [0, 0.05) is 11.7 Å². The molecule has 1 fully saturated rings. The van der Waals surface area contributed by atoms with Gasteiger partial charge in [0.15, 0.2) is 0 Å². The van der Waals surface area contributed by atoms with E-state index >= 15 is 0 Å². The molecule has 4 heteroatoms. The van der Waals surface area contributed by atoms with Gasteiger partial charge >= 0.3 is 0 Å². The van der Waals surface area contributed by atoms with Gasteiger partial charge < -0.3 is 10.5 Å². The van der Waals surface area contributed by atoms with E-state index in [-0.39, 0.29) is 5.54 Å². The van der Waals surface area contributed by atoms with Crippen molar-refractivity contribution in [1.29, 1.82) is 0 Å². The molecule has 4 nitrogen and oxygen atoms in total. The first kappa shape index (κ1) is 7.49. The Morgan fingerprint density at radius 2 is 2.33 bits per heavy atom. The molecule has 0 aromatic carbocycles. The van der Waals surface area contributed by atoms with Crippen LogP contribution in [0.25, 0.3) is 0 Å². The second-order valence-corrected chi connectivity index (χ2v) is 3.10. The highest BCUT2D eigenvalue weighted by atomic mass is 16.5. The Hall–Kier alpha value is -1.16. The van der Waals surface area contributed by atoms with Crippen LogP contribution in [0.3, 0.4) is 0 Å². The molecule has 2 N–H and O–H groups in total. The quantitative estimate of drug-likeness (QED) is 0.690. The van der Waals surface area contributed by atoms with Crippen LogP contribution in [-0.2, 0) is 5.54 Å². The standard InChI is InChI=1S/C8H11N3O/c1-12-7-6(4-10-5-11-7)8(9)2-3-8/h4-5H,2-3,9H2,1H3. The van der Waals surface area contributed by atoms with Gasteiger partial charge in [0.1, 0.15) is 6.33 Å². The van der Waals surface area contributed by atoms with Gasteiger partial charge in [-0.05, 0) is 12.8 Å². The van der Waals surface area contributed by atoms with Crippen molar-refractivity contribution in [2.75, 3.05) is 7.11 Å². The Morgan fingerprint density at radius 3 is 2.92 bits per heavy atom. The fourth-order valence-electron chi connectivity index (χ4n) is 1.23. The summed E-state index contributed by atoms with van der Waals surface area (Å²) in [5.41, 5.74) is 6.69. The molecule has 1 aromatic rings. The maximum absolute atomic E-state index is 5.98. The van der Waals surface area contributed by atoms with E-state index in [1.165, 1.54) is 6.33 Å². The van der Waals surface area contributed by atoms with Gasteiger partial charge in [-0.25, -0.2) is 9.97 Å². The lowest BCUT2D eigenvalue weighted by molar-refractivity contribution is 0.385. The minimum Gasteiger partial charge on any atom is -0.481 e. The topological polar surface area (TPSA) is 61.0 Å². The average molecular weight is 165 g/mol. The zero-order chi connectivity index (χ0) is 8.60. The summed E-state index contributed by atoms with van der Waals surface area (Å²) in [6, 6.07) is 0. The van der Waals surface area contributed by atoms with Crippen LogP contribution in [0.1, 0.15) is 18.4 Å². The molecule has 0 aliphatic heterocycles. The lowest BCUT2D eigenvalue weighted by Crippen LogP contribution is -2.20. The Balaban J connectivity index is 2.42. The monoisotopic (exact) mass is 165 g/mol. The molecular formula is C8H11N3O. The third kappa shape index (κ3) is 1.04. The fraction of sp³-hybridized carbons (Fsp3) is 0.500. The fourth-order valence-corrected chi connectivity index (χ4v) is 1.23. The molecule has 0 amide bonds. The molecule has 64 valence electrons. The Bertz CT molecular complexity index is 296. The SMILES string of the molecule is COc1ncncc1C1(N)CC1. The molecular weight excluding hydrogens is 154 g/mol. The average Bonchev–Trinajstić information content (AvgIpc) is 2.85. The van der Waals surface area contributed by atoms with Gasteiger partial charge in [0.25, 0.3) is 0 Å². The van der Waals surface area contributed by atoms with Crippen molar-refractivity contribution in [3.05, 3.63) is 18.1 Å². The summed E-state index contributed by atoms with van der Waals surface area (Å²) in [6.45, 7) is 0. The first-order chi connectivity index (χ1) is 5.76. The molecule has 0 spiro atoms. The van der Waals surface area contributed by atoms with Gasteiger partial charge in [-0.1, -0.05) is 0 Å². The second kappa shape index (κ2) is 2.42. The maximum atomic E-state index is 5.98. The lowest BCUT2D eigenvalue weighted by Gasteiger charge is -2.10. The van der Waals surface area contributed by atoms with Crippen LogP contribution in [0.15, 0.2) is 12.5 Å². The molecule has 1 saturated carbocycles. The number of methoxy groups -OCH3 is 1. The zero-order valence-corrected chi connectivity index (χ0v) is 6.95. The minimum atomic E-state index is -0.216. The first-order valence-electron chi connectivity index (χ1n) is 3.90. The summed E-state index contributed by atoms with van der Waals surface area (Å²) in [4.78, 5) is 7.92. The number of nitrogens with two attached hydrogens (primary N) is 1. The van der Waals surface area contributed by atoms with Gasteiger partial charge in [-0.2, -0.15) is 0 Å². The minimum absolute atomic E-state index is 0.216. The number of hydrogen-bond acceptors (Lipinski definition) is 4. The van der Waals surface area contributed by atoms with Crippen LogP contribution >= 0.6 is 0 Å². The third-order valence-corrected chi connectivity index (χ3v) is 2.19.